The van der Waals surface area contributed by atoms with Crippen molar-refractivity contribution >= 4 is 23.4 Å². The van der Waals surface area contributed by atoms with Crippen molar-refractivity contribution in [3.05, 3.63) is 6.33 Å². The van der Waals surface area contributed by atoms with E-state index in [0.29, 0.717) is 44.5 Å². The lowest BCUT2D eigenvalue weighted by Crippen LogP contribution is -2.49. The van der Waals surface area contributed by atoms with Gasteiger partial charge in [-0.1, -0.05) is 0 Å². The lowest BCUT2D eigenvalue weighted by Gasteiger charge is -2.37. The molecular formula is C17H28N6O2. The molecule has 2 fully saturated rings. The lowest BCUT2D eigenvalue weighted by molar-refractivity contribution is 0.105. The van der Waals surface area contributed by atoms with Crippen molar-refractivity contribution in [2.75, 3.05) is 54.9 Å². The molecule has 25 heavy (non-hydrogen) atoms. The molecular weight excluding hydrogens is 320 g/mol. The third-order valence-corrected chi connectivity index (χ3v) is 5.02. The fourth-order valence-electron chi connectivity index (χ4n) is 3.59. The zero-order chi connectivity index (χ0) is 17.8. The van der Waals surface area contributed by atoms with Crippen LogP contribution in [0.3, 0.4) is 0 Å². The number of carbonyl (C=O) groups excluding carboxylic acids is 1. The second-order valence-electron chi connectivity index (χ2n) is 6.65. The second-order valence-corrected chi connectivity index (χ2v) is 6.65. The molecule has 0 aliphatic carbocycles. The Morgan fingerprint density at radius 1 is 1.20 bits per heavy atom. The summed E-state index contributed by atoms with van der Waals surface area (Å²) < 4.78 is 5.07. The highest BCUT2D eigenvalue weighted by Gasteiger charge is 2.27. The summed E-state index contributed by atoms with van der Waals surface area (Å²) in [7, 11) is 0. The zero-order valence-corrected chi connectivity index (χ0v) is 15.1. The van der Waals surface area contributed by atoms with Crippen molar-refractivity contribution in [3.63, 3.8) is 0 Å². The number of piperazine rings is 1. The summed E-state index contributed by atoms with van der Waals surface area (Å²) in [4.78, 5) is 26.9. The van der Waals surface area contributed by atoms with Gasteiger partial charge in [-0.05, 0) is 33.1 Å². The highest BCUT2D eigenvalue weighted by molar-refractivity contribution is 5.76. The van der Waals surface area contributed by atoms with Crippen LogP contribution in [0.2, 0.25) is 0 Å². The number of hydrogen-bond donors (Lipinski definition) is 1. The first kappa shape index (κ1) is 17.6. The van der Waals surface area contributed by atoms with E-state index in [2.05, 4.69) is 26.7 Å². The second kappa shape index (κ2) is 7.76. The van der Waals surface area contributed by atoms with E-state index in [4.69, 9.17) is 10.5 Å². The van der Waals surface area contributed by atoms with E-state index >= 15 is 0 Å². The van der Waals surface area contributed by atoms with Crippen LogP contribution in [0.4, 0.5) is 22.1 Å². The largest absolute Gasteiger partial charge is 0.450 e. The Balaban J connectivity index is 1.71. The van der Waals surface area contributed by atoms with Crippen molar-refractivity contribution in [2.45, 2.75) is 39.2 Å². The first-order valence-corrected chi connectivity index (χ1v) is 9.15. The number of piperidine rings is 1. The summed E-state index contributed by atoms with van der Waals surface area (Å²) in [5.74, 6) is 1.61. The van der Waals surface area contributed by atoms with Gasteiger partial charge in [0.1, 0.15) is 12.0 Å². The molecule has 0 bridgehead atoms. The maximum Gasteiger partial charge on any atom is 0.409 e. The Morgan fingerprint density at radius 3 is 2.60 bits per heavy atom. The van der Waals surface area contributed by atoms with Crippen molar-refractivity contribution in [1.82, 2.24) is 14.9 Å². The number of nitrogen functional groups attached to an aromatic ring is 1. The highest BCUT2D eigenvalue weighted by Crippen LogP contribution is 2.33. The number of ether oxygens (including phenoxy) is 1. The van der Waals surface area contributed by atoms with Gasteiger partial charge in [0.25, 0.3) is 0 Å². The predicted molar refractivity (Wildman–Crippen MR) is 97.9 cm³/mol. The number of nitrogens with two attached hydrogens (primary N) is 1. The van der Waals surface area contributed by atoms with E-state index in [-0.39, 0.29) is 6.09 Å². The first-order chi connectivity index (χ1) is 12.1. The maximum absolute atomic E-state index is 11.8. The normalized spacial score (nSPS) is 21.4. The monoisotopic (exact) mass is 348 g/mol. The van der Waals surface area contributed by atoms with Gasteiger partial charge < -0.3 is 25.2 Å². The molecule has 0 spiro atoms. The predicted octanol–water partition coefficient (Wildman–Crippen LogP) is 1.72. The molecule has 138 valence electrons. The van der Waals surface area contributed by atoms with E-state index in [0.717, 1.165) is 24.6 Å². The topological polar surface area (TPSA) is 87.8 Å². The number of anilines is 3. The van der Waals surface area contributed by atoms with Crippen LogP contribution >= 0.6 is 0 Å². The first-order valence-electron chi connectivity index (χ1n) is 9.15. The smallest absolute Gasteiger partial charge is 0.409 e. The van der Waals surface area contributed by atoms with Crippen LogP contribution < -0.4 is 15.5 Å². The van der Waals surface area contributed by atoms with Gasteiger partial charge >= 0.3 is 6.09 Å². The summed E-state index contributed by atoms with van der Waals surface area (Å²) in [6, 6.07) is 0.444. The number of amides is 1. The van der Waals surface area contributed by atoms with Crippen molar-refractivity contribution in [2.24, 2.45) is 0 Å². The van der Waals surface area contributed by atoms with Gasteiger partial charge in [-0.3, -0.25) is 0 Å². The van der Waals surface area contributed by atoms with E-state index in [1.165, 1.54) is 12.8 Å². The molecule has 1 amide bonds. The molecule has 1 atom stereocenters. The summed E-state index contributed by atoms with van der Waals surface area (Å²) in [5.41, 5.74) is 7.08. The van der Waals surface area contributed by atoms with E-state index in [1.54, 1.807) is 11.2 Å². The highest BCUT2D eigenvalue weighted by atomic mass is 16.6. The van der Waals surface area contributed by atoms with Crippen molar-refractivity contribution in [1.29, 1.82) is 0 Å². The van der Waals surface area contributed by atoms with Gasteiger partial charge in [0, 0.05) is 38.8 Å². The molecule has 8 nitrogen and oxygen atoms in total. The number of nitrogens with zero attached hydrogens (tertiary/aromatic N) is 5. The average molecular weight is 348 g/mol. The van der Waals surface area contributed by atoms with Gasteiger partial charge in [0.2, 0.25) is 0 Å². The number of carbonyl (C=O) groups is 1. The molecule has 8 heteroatoms. The third-order valence-electron chi connectivity index (χ3n) is 5.02. The SMILES string of the molecule is CCOC(=O)N1CCN(c2ncnc(N3CCCCC3C)c2N)CC1. The average Bonchev–Trinajstić information content (AvgIpc) is 2.63. The maximum atomic E-state index is 11.8. The molecule has 0 radical (unpaired) electrons. The minimum Gasteiger partial charge on any atom is -0.450 e. The molecule has 1 unspecified atom stereocenters. The minimum absolute atomic E-state index is 0.249. The fourth-order valence-corrected chi connectivity index (χ4v) is 3.59. The molecule has 2 aliphatic heterocycles. The third kappa shape index (κ3) is 3.72. The van der Waals surface area contributed by atoms with E-state index in [9.17, 15) is 4.79 Å². The Morgan fingerprint density at radius 2 is 1.92 bits per heavy atom. The Bertz CT molecular complexity index is 603. The molecule has 0 aromatic carbocycles. The zero-order valence-electron chi connectivity index (χ0n) is 15.1. The number of rotatable bonds is 3. The molecule has 0 saturated carbocycles. The molecule has 3 rings (SSSR count). The van der Waals surface area contributed by atoms with Crippen molar-refractivity contribution in [3.8, 4) is 0 Å². The number of hydrogen-bond acceptors (Lipinski definition) is 7. The van der Waals surface area contributed by atoms with Gasteiger partial charge in [0.15, 0.2) is 11.6 Å². The van der Waals surface area contributed by atoms with Gasteiger partial charge in [-0.25, -0.2) is 14.8 Å². The summed E-state index contributed by atoms with van der Waals surface area (Å²) in [5, 5.41) is 0. The van der Waals surface area contributed by atoms with Crippen molar-refractivity contribution < 1.29 is 9.53 Å². The molecule has 1 aromatic rings. The van der Waals surface area contributed by atoms with E-state index in [1.807, 2.05) is 6.92 Å². The van der Waals surface area contributed by atoms with Gasteiger partial charge in [-0.15, -0.1) is 0 Å². The molecule has 3 heterocycles. The standard InChI is InChI=1S/C17H28N6O2/c1-3-25-17(24)22-10-8-21(9-11-22)15-14(18)16(20-12-19-15)23-7-5-4-6-13(23)2/h12-13H,3-11,18H2,1-2H3. The van der Waals surface area contributed by atoms with Gasteiger partial charge in [0.05, 0.1) is 6.61 Å². The quantitative estimate of drug-likeness (QED) is 0.889. The summed E-state index contributed by atoms with van der Waals surface area (Å²) in [6.07, 6.45) is 4.93. The Labute approximate surface area is 148 Å². The summed E-state index contributed by atoms with van der Waals surface area (Å²) >= 11 is 0. The van der Waals surface area contributed by atoms with Crippen LogP contribution in [0.1, 0.15) is 33.1 Å². The van der Waals surface area contributed by atoms with Crippen LogP contribution in [0.5, 0.6) is 0 Å². The molecule has 2 saturated heterocycles. The molecule has 2 N–H and O–H groups in total. The molecule has 1 aromatic heterocycles. The van der Waals surface area contributed by atoms with E-state index < -0.39 is 0 Å². The van der Waals surface area contributed by atoms with Crippen LogP contribution in [0.25, 0.3) is 0 Å². The lowest BCUT2D eigenvalue weighted by atomic mass is 10.0. The van der Waals surface area contributed by atoms with Crippen LogP contribution in [-0.4, -0.2) is 66.3 Å². The van der Waals surface area contributed by atoms with Crippen LogP contribution in [0, 0.1) is 0 Å². The Kier molecular flexibility index (Phi) is 5.45. The van der Waals surface area contributed by atoms with Gasteiger partial charge in [-0.2, -0.15) is 0 Å². The molecule has 2 aliphatic rings. The number of aromatic nitrogens is 2. The summed E-state index contributed by atoms with van der Waals surface area (Å²) in [6.45, 7) is 8.02. The Hall–Kier alpha value is -2.25. The fraction of sp³-hybridized carbons (Fsp3) is 0.706. The minimum atomic E-state index is -0.249. The van der Waals surface area contributed by atoms with Crippen LogP contribution in [0.15, 0.2) is 6.33 Å². The van der Waals surface area contributed by atoms with Crippen LogP contribution in [-0.2, 0) is 4.74 Å².